The highest BCUT2D eigenvalue weighted by Gasteiger charge is 2.27. The van der Waals surface area contributed by atoms with Gasteiger partial charge in [-0.2, -0.15) is 0 Å². The van der Waals surface area contributed by atoms with Crippen LogP contribution in [0.15, 0.2) is 29.3 Å². The predicted molar refractivity (Wildman–Crippen MR) is 157 cm³/mol. The Bertz CT molecular complexity index is 1120. The van der Waals surface area contributed by atoms with Crippen molar-refractivity contribution in [2.45, 2.75) is 96.4 Å². The van der Waals surface area contributed by atoms with Gasteiger partial charge in [0.25, 0.3) is 0 Å². The molecule has 1 aromatic heterocycles. The summed E-state index contributed by atoms with van der Waals surface area (Å²) in [4.78, 5) is 32.5. The molecule has 39 heavy (non-hydrogen) atoms. The molecule has 2 aromatic rings. The molecule has 3 rings (SSSR count). The average Bonchev–Trinajstić information content (AvgIpc) is 3.17. The van der Waals surface area contributed by atoms with Crippen LogP contribution in [0.25, 0.3) is 10.4 Å². The molecule has 1 saturated heterocycles. The fourth-order valence-electron chi connectivity index (χ4n) is 4.03. The number of nitrogens with one attached hydrogen (secondary N) is 3. The van der Waals surface area contributed by atoms with Gasteiger partial charge in [-0.1, -0.05) is 11.3 Å². The van der Waals surface area contributed by atoms with E-state index in [9.17, 15) is 14.1 Å². The molecule has 0 bridgehead atoms. The van der Waals surface area contributed by atoms with Gasteiger partial charge in [0, 0.05) is 37.1 Å². The summed E-state index contributed by atoms with van der Waals surface area (Å²) in [6.07, 6.45) is 3.03. The van der Waals surface area contributed by atoms with Gasteiger partial charge in [-0.15, -0.1) is 4.72 Å². The van der Waals surface area contributed by atoms with Gasteiger partial charge >= 0.3 is 12.2 Å². The molecule has 2 unspecified atom stereocenters. The SMILES string of the molecule is CC(C)OC(=O)Nc1ccc(-c2cnc(N3CCCC(NC(=O)OC(C)C)CC3)s2)c([S+]([O-])NC(C)(C)C)c1. The van der Waals surface area contributed by atoms with Crippen molar-refractivity contribution in [1.29, 1.82) is 0 Å². The number of amides is 2. The second kappa shape index (κ2) is 13.7. The predicted octanol–water partition coefficient (Wildman–Crippen LogP) is 5.67. The summed E-state index contributed by atoms with van der Waals surface area (Å²) in [5, 5.41) is 6.57. The number of carbonyl (C=O) groups excluding carboxylic acids is 2. The van der Waals surface area contributed by atoms with Crippen LogP contribution in [0.1, 0.15) is 67.7 Å². The molecule has 1 aliphatic rings. The number of nitrogens with zero attached hydrogens (tertiary/aromatic N) is 2. The van der Waals surface area contributed by atoms with Crippen LogP contribution in [0.4, 0.5) is 20.4 Å². The largest absolute Gasteiger partial charge is 0.593 e. The normalized spacial score (nSPS) is 17.1. The minimum atomic E-state index is -1.54. The van der Waals surface area contributed by atoms with Gasteiger partial charge in [0.1, 0.15) is 0 Å². The maximum atomic E-state index is 13.4. The Balaban J connectivity index is 1.79. The topological polar surface area (TPSA) is 128 Å². The standard InChI is InChI=1S/C27H41N5O5S2/c1-17(2)36-25(33)29-19-9-8-13-32(14-12-19)24-28-16-22(38-24)21-11-10-20(30-26(34)37-18(3)4)15-23(21)39(35)31-27(5,6)7/h10-11,15-19,31H,8-9,12-14H2,1-7H3,(H,29,33)(H,30,34). The van der Waals surface area contributed by atoms with Crippen LogP contribution < -0.4 is 20.3 Å². The molecule has 12 heteroatoms. The minimum Gasteiger partial charge on any atom is -0.593 e. The maximum Gasteiger partial charge on any atom is 0.411 e. The zero-order chi connectivity index (χ0) is 28.7. The average molecular weight is 580 g/mol. The van der Waals surface area contributed by atoms with E-state index in [0.29, 0.717) is 10.6 Å². The lowest BCUT2D eigenvalue weighted by atomic mass is 10.1. The first-order chi connectivity index (χ1) is 18.3. The van der Waals surface area contributed by atoms with E-state index in [-0.39, 0.29) is 29.9 Å². The molecule has 1 aliphatic heterocycles. The van der Waals surface area contributed by atoms with E-state index in [1.54, 1.807) is 32.2 Å². The molecule has 2 amide bonds. The molecule has 2 atom stereocenters. The molecular formula is C27H41N5O5S2. The third kappa shape index (κ3) is 9.86. The van der Waals surface area contributed by atoms with Crippen LogP contribution in [0.2, 0.25) is 0 Å². The fourth-order valence-corrected chi connectivity index (χ4v) is 6.38. The Kier molecular flexibility index (Phi) is 10.9. The van der Waals surface area contributed by atoms with E-state index >= 15 is 0 Å². The number of alkyl carbamates (subject to hydrolysis) is 1. The summed E-state index contributed by atoms with van der Waals surface area (Å²) < 4.78 is 26.9. The number of ether oxygens (including phenoxy) is 2. The number of hydrogen-bond acceptors (Lipinski definition) is 9. The number of hydrogen-bond donors (Lipinski definition) is 3. The van der Waals surface area contributed by atoms with Gasteiger partial charge in [0.05, 0.1) is 39.5 Å². The Labute approximate surface area is 238 Å². The summed E-state index contributed by atoms with van der Waals surface area (Å²) in [5.74, 6) is 0. The monoisotopic (exact) mass is 579 g/mol. The highest BCUT2D eigenvalue weighted by molar-refractivity contribution is 7.89. The minimum absolute atomic E-state index is 0.0561. The Hall–Kier alpha value is -2.54. The zero-order valence-electron chi connectivity index (χ0n) is 23.8. The van der Waals surface area contributed by atoms with E-state index < -0.39 is 17.5 Å². The molecule has 216 valence electrons. The molecule has 0 saturated carbocycles. The van der Waals surface area contributed by atoms with E-state index in [2.05, 4.69) is 25.2 Å². The van der Waals surface area contributed by atoms with Crippen LogP contribution in [0.3, 0.4) is 0 Å². The first-order valence-corrected chi connectivity index (χ1v) is 15.3. The van der Waals surface area contributed by atoms with E-state index in [4.69, 9.17) is 9.47 Å². The summed E-state index contributed by atoms with van der Waals surface area (Å²) >= 11 is -0.0114. The second-order valence-corrected chi connectivity index (χ2v) is 13.3. The van der Waals surface area contributed by atoms with E-state index in [0.717, 1.165) is 47.9 Å². The van der Waals surface area contributed by atoms with Crippen LogP contribution in [0, 0.1) is 0 Å². The zero-order valence-corrected chi connectivity index (χ0v) is 25.5. The Morgan fingerprint density at radius 1 is 1.10 bits per heavy atom. The van der Waals surface area contributed by atoms with Gasteiger partial charge in [-0.05, 0) is 79.9 Å². The van der Waals surface area contributed by atoms with Crippen LogP contribution in [-0.2, 0) is 20.8 Å². The lowest BCUT2D eigenvalue weighted by Crippen LogP contribution is -2.40. The van der Waals surface area contributed by atoms with Crippen molar-refractivity contribution in [2.24, 2.45) is 0 Å². The summed E-state index contributed by atoms with van der Waals surface area (Å²) in [7, 11) is 0. The van der Waals surface area contributed by atoms with Crippen LogP contribution >= 0.6 is 11.3 Å². The maximum absolute atomic E-state index is 13.4. The number of aromatic nitrogens is 1. The van der Waals surface area contributed by atoms with Gasteiger partial charge < -0.3 is 24.2 Å². The quantitative estimate of drug-likeness (QED) is 0.341. The summed E-state index contributed by atoms with van der Waals surface area (Å²) in [6.45, 7) is 14.6. The van der Waals surface area contributed by atoms with Crippen LogP contribution in [0.5, 0.6) is 0 Å². The van der Waals surface area contributed by atoms with Crippen molar-refractivity contribution in [3.63, 3.8) is 0 Å². The lowest BCUT2D eigenvalue weighted by molar-refractivity contribution is 0.111. The molecule has 0 spiro atoms. The van der Waals surface area contributed by atoms with Crippen molar-refractivity contribution >= 4 is 45.7 Å². The number of anilines is 2. The van der Waals surface area contributed by atoms with Gasteiger partial charge in [-0.25, -0.2) is 14.6 Å². The van der Waals surface area contributed by atoms with Crippen molar-refractivity contribution in [3.05, 3.63) is 24.4 Å². The Morgan fingerprint density at radius 2 is 1.79 bits per heavy atom. The molecule has 10 nitrogen and oxygen atoms in total. The van der Waals surface area contributed by atoms with E-state index in [1.807, 2.05) is 40.7 Å². The highest BCUT2D eigenvalue weighted by Crippen LogP contribution is 2.37. The smallest absolute Gasteiger partial charge is 0.411 e. The van der Waals surface area contributed by atoms with Gasteiger partial charge in [0.2, 0.25) is 0 Å². The third-order valence-electron chi connectivity index (χ3n) is 5.59. The van der Waals surface area contributed by atoms with Crippen LogP contribution in [-0.4, -0.2) is 58.6 Å². The first kappa shape index (κ1) is 31.0. The van der Waals surface area contributed by atoms with E-state index in [1.165, 1.54) is 11.3 Å². The molecule has 2 heterocycles. The van der Waals surface area contributed by atoms with Crippen molar-refractivity contribution < 1.29 is 23.6 Å². The summed E-state index contributed by atoms with van der Waals surface area (Å²) in [5.41, 5.74) is 0.886. The summed E-state index contributed by atoms with van der Waals surface area (Å²) in [6, 6.07) is 5.39. The molecule has 1 fully saturated rings. The number of rotatable bonds is 8. The molecular weight excluding hydrogens is 538 g/mol. The van der Waals surface area contributed by atoms with Crippen molar-refractivity contribution in [3.8, 4) is 10.4 Å². The first-order valence-electron chi connectivity index (χ1n) is 13.3. The number of carbonyl (C=O) groups is 2. The van der Waals surface area contributed by atoms with Crippen molar-refractivity contribution in [2.75, 3.05) is 23.3 Å². The molecule has 1 aromatic carbocycles. The molecule has 0 radical (unpaired) electrons. The second-order valence-electron chi connectivity index (χ2n) is 11.1. The lowest BCUT2D eigenvalue weighted by Gasteiger charge is -2.23. The number of thiazole rings is 1. The highest BCUT2D eigenvalue weighted by atomic mass is 32.2. The molecule has 0 aliphatic carbocycles. The number of benzene rings is 1. The van der Waals surface area contributed by atoms with Crippen molar-refractivity contribution in [1.82, 2.24) is 15.0 Å². The van der Waals surface area contributed by atoms with Gasteiger partial charge in [-0.3, -0.25) is 5.32 Å². The Morgan fingerprint density at radius 3 is 2.46 bits per heavy atom. The van der Waals surface area contributed by atoms with Gasteiger partial charge in [0.15, 0.2) is 10.0 Å². The fraction of sp³-hybridized carbons (Fsp3) is 0.593. The third-order valence-corrected chi connectivity index (χ3v) is 8.22. The molecule has 3 N–H and O–H groups in total.